The lowest BCUT2D eigenvalue weighted by Crippen LogP contribution is -1.95. The molecule has 0 unspecified atom stereocenters. The van der Waals surface area contributed by atoms with Crippen LogP contribution in [0.1, 0.15) is 22.3 Å². The lowest BCUT2D eigenvalue weighted by Gasteiger charge is -2.06. The molecule has 3 aromatic rings. The first kappa shape index (κ1) is 17.0. The molecular weight excluding hydrogens is 352 g/mol. The number of rotatable bonds is 4. The number of ether oxygens (including phenoxy) is 1. The Morgan fingerprint density at radius 2 is 1.84 bits per heavy atom. The van der Waals surface area contributed by atoms with Crippen molar-refractivity contribution in [1.82, 2.24) is 0 Å². The fraction of sp³-hybridized carbons (Fsp3) is 0.100. The maximum Gasteiger partial charge on any atom is 0.192 e. The Labute approximate surface area is 155 Å². The van der Waals surface area contributed by atoms with Gasteiger partial charge in [-0.3, -0.25) is 0 Å². The second-order valence-electron chi connectivity index (χ2n) is 5.49. The van der Waals surface area contributed by atoms with Gasteiger partial charge in [0, 0.05) is 16.0 Å². The molecule has 25 heavy (non-hydrogen) atoms. The molecule has 0 radical (unpaired) electrons. The zero-order chi connectivity index (χ0) is 17.8. The van der Waals surface area contributed by atoms with E-state index >= 15 is 0 Å². The predicted molar refractivity (Wildman–Crippen MR) is 99.7 cm³/mol. The molecule has 0 saturated carbocycles. The quantitative estimate of drug-likeness (QED) is 0.596. The van der Waals surface area contributed by atoms with E-state index in [4.69, 9.17) is 21.6 Å². The molecule has 122 valence electrons. The fourth-order valence-corrected chi connectivity index (χ4v) is 3.40. The summed E-state index contributed by atoms with van der Waals surface area (Å²) in [4.78, 5) is 0. The minimum Gasteiger partial charge on any atom is -0.478 e. The van der Waals surface area contributed by atoms with E-state index in [1.54, 1.807) is 12.1 Å². The highest BCUT2D eigenvalue weighted by Crippen LogP contribution is 2.38. The Morgan fingerprint density at radius 1 is 1.08 bits per heavy atom. The van der Waals surface area contributed by atoms with Gasteiger partial charge in [0.2, 0.25) is 0 Å². The summed E-state index contributed by atoms with van der Waals surface area (Å²) in [6, 6.07) is 17.2. The van der Waals surface area contributed by atoms with Crippen molar-refractivity contribution in [2.45, 2.75) is 13.5 Å². The Morgan fingerprint density at radius 3 is 2.48 bits per heavy atom. The highest BCUT2D eigenvalue weighted by molar-refractivity contribution is 7.12. The largest absolute Gasteiger partial charge is 0.478 e. The van der Waals surface area contributed by atoms with E-state index in [9.17, 15) is 5.26 Å². The van der Waals surface area contributed by atoms with Gasteiger partial charge in [-0.1, -0.05) is 29.8 Å². The lowest BCUT2D eigenvalue weighted by atomic mass is 10.0. The van der Waals surface area contributed by atoms with Crippen molar-refractivity contribution in [3.05, 3.63) is 75.1 Å². The molecule has 0 N–H and O–H groups in total. The topological polar surface area (TPSA) is 56.8 Å². The molecule has 1 heterocycles. The van der Waals surface area contributed by atoms with Crippen LogP contribution in [-0.2, 0) is 6.61 Å². The highest BCUT2D eigenvalue weighted by Gasteiger charge is 2.15. The molecule has 0 atom stereocenters. The van der Waals surface area contributed by atoms with E-state index in [1.165, 1.54) is 11.3 Å². The maximum absolute atomic E-state index is 9.55. The molecule has 0 spiro atoms. The molecule has 5 heteroatoms. The zero-order valence-corrected chi connectivity index (χ0v) is 15.0. The summed E-state index contributed by atoms with van der Waals surface area (Å²) >= 11 is 7.48. The van der Waals surface area contributed by atoms with Crippen LogP contribution in [0, 0.1) is 29.6 Å². The van der Waals surface area contributed by atoms with Crippen LogP contribution in [-0.4, -0.2) is 0 Å². The number of hydrogen-bond donors (Lipinski definition) is 0. The summed E-state index contributed by atoms with van der Waals surface area (Å²) in [6.07, 6.45) is 0. The van der Waals surface area contributed by atoms with Gasteiger partial charge in [0.1, 0.15) is 18.2 Å². The van der Waals surface area contributed by atoms with Crippen LogP contribution in [0.3, 0.4) is 0 Å². The van der Waals surface area contributed by atoms with E-state index < -0.39 is 0 Å². The van der Waals surface area contributed by atoms with Gasteiger partial charge >= 0.3 is 0 Å². The fourth-order valence-electron chi connectivity index (χ4n) is 2.40. The van der Waals surface area contributed by atoms with Crippen LogP contribution in [0.25, 0.3) is 11.1 Å². The van der Waals surface area contributed by atoms with Gasteiger partial charge in [-0.25, -0.2) is 0 Å². The molecular formula is C20H13ClN2OS. The van der Waals surface area contributed by atoms with Crippen molar-refractivity contribution in [1.29, 1.82) is 10.5 Å². The van der Waals surface area contributed by atoms with Gasteiger partial charge in [0.05, 0.1) is 11.6 Å². The molecule has 0 aliphatic heterocycles. The molecule has 2 aromatic carbocycles. The molecule has 3 rings (SSSR count). The molecule has 0 aliphatic rings. The summed E-state index contributed by atoms with van der Waals surface area (Å²) in [6.45, 7) is 2.28. The predicted octanol–water partition coefficient (Wildman–Crippen LogP) is 5.70. The number of aryl methyl sites for hydroxylation is 1. The molecule has 1 aromatic heterocycles. The SMILES string of the molecule is Cc1cc(-c2csc(OCc3ccc(C#N)cc3)c2C#N)ccc1Cl. The number of halogens is 1. The number of thiophene rings is 1. The average Bonchev–Trinajstić information content (AvgIpc) is 3.05. The lowest BCUT2D eigenvalue weighted by molar-refractivity contribution is 0.315. The average molecular weight is 365 g/mol. The van der Waals surface area contributed by atoms with Crippen molar-refractivity contribution < 1.29 is 4.74 Å². The molecule has 0 saturated heterocycles. The number of nitrogens with zero attached hydrogens (tertiary/aromatic N) is 2. The van der Waals surface area contributed by atoms with Crippen LogP contribution in [0.2, 0.25) is 5.02 Å². The Bertz CT molecular complexity index is 994. The van der Waals surface area contributed by atoms with Gasteiger partial charge in [0.25, 0.3) is 0 Å². The molecule has 0 amide bonds. The van der Waals surface area contributed by atoms with E-state index in [2.05, 4.69) is 12.1 Å². The summed E-state index contributed by atoms with van der Waals surface area (Å²) < 4.78 is 5.83. The Balaban J connectivity index is 1.83. The number of benzene rings is 2. The first-order valence-electron chi connectivity index (χ1n) is 7.52. The zero-order valence-electron chi connectivity index (χ0n) is 13.4. The molecule has 0 fully saturated rings. The van der Waals surface area contributed by atoms with Crippen LogP contribution < -0.4 is 4.74 Å². The number of nitriles is 2. The third kappa shape index (κ3) is 3.67. The minimum absolute atomic E-state index is 0.347. The van der Waals surface area contributed by atoms with E-state index in [0.717, 1.165) is 22.3 Å². The van der Waals surface area contributed by atoms with Crippen molar-refractivity contribution >= 4 is 22.9 Å². The van der Waals surface area contributed by atoms with Crippen LogP contribution in [0.5, 0.6) is 5.06 Å². The molecule has 0 aliphatic carbocycles. The minimum atomic E-state index is 0.347. The number of hydrogen-bond acceptors (Lipinski definition) is 4. The van der Waals surface area contributed by atoms with Crippen LogP contribution in [0.4, 0.5) is 0 Å². The summed E-state index contributed by atoms with van der Waals surface area (Å²) in [5.41, 5.74) is 4.85. The summed E-state index contributed by atoms with van der Waals surface area (Å²) in [5.74, 6) is 0. The van der Waals surface area contributed by atoms with E-state index in [0.29, 0.717) is 27.8 Å². The van der Waals surface area contributed by atoms with Gasteiger partial charge in [-0.2, -0.15) is 10.5 Å². The normalized spacial score (nSPS) is 10.1. The van der Waals surface area contributed by atoms with Crippen molar-refractivity contribution in [3.8, 4) is 28.3 Å². The smallest absolute Gasteiger partial charge is 0.192 e. The monoisotopic (exact) mass is 364 g/mol. The summed E-state index contributed by atoms with van der Waals surface area (Å²) in [5, 5.41) is 21.6. The first-order chi connectivity index (χ1) is 12.1. The first-order valence-corrected chi connectivity index (χ1v) is 8.78. The van der Waals surface area contributed by atoms with E-state index in [1.807, 2.05) is 42.6 Å². The van der Waals surface area contributed by atoms with Gasteiger partial charge < -0.3 is 4.74 Å². The molecule has 0 bridgehead atoms. The standard InChI is InChI=1S/C20H13ClN2OS/c1-13-8-16(6-7-19(13)21)18-12-25-20(17(18)10-23)24-11-15-4-2-14(9-22)3-5-15/h2-8,12H,11H2,1H3. The second-order valence-corrected chi connectivity index (χ2v) is 6.73. The van der Waals surface area contributed by atoms with Gasteiger partial charge in [-0.05, 0) is 47.9 Å². The van der Waals surface area contributed by atoms with Crippen LogP contribution in [0.15, 0.2) is 47.8 Å². The van der Waals surface area contributed by atoms with Gasteiger partial charge in [0.15, 0.2) is 5.06 Å². The van der Waals surface area contributed by atoms with Crippen molar-refractivity contribution in [3.63, 3.8) is 0 Å². The van der Waals surface area contributed by atoms with E-state index in [-0.39, 0.29) is 0 Å². The van der Waals surface area contributed by atoms with Crippen LogP contribution >= 0.6 is 22.9 Å². The molecule has 3 nitrogen and oxygen atoms in total. The maximum atomic E-state index is 9.55. The Kier molecular flexibility index (Phi) is 5.05. The second kappa shape index (κ2) is 7.40. The third-order valence-corrected chi connectivity index (χ3v) is 5.10. The van der Waals surface area contributed by atoms with Crippen molar-refractivity contribution in [2.75, 3.05) is 0 Å². The third-order valence-electron chi connectivity index (χ3n) is 3.79. The Hall–Kier alpha value is -2.79. The highest BCUT2D eigenvalue weighted by atomic mass is 35.5. The van der Waals surface area contributed by atoms with Gasteiger partial charge in [-0.15, -0.1) is 11.3 Å². The summed E-state index contributed by atoms with van der Waals surface area (Å²) in [7, 11) is 0. The van der Waals surface area contributed by atoms with Crippen molar-refractivity contribution in [2.24, 2.45) is 0 Å².